The number of carbonyl (C=O) groups is 1. The number of hydrogen-bond acceptors (Lipinski definition) is 4. The van der Waals surface area contributed by atoms with E-state index in [0.29, 0.717) is 12.2 Å². The molecule has 2 aromatic carbocycles. The van der Waals surface area contributed by atoms with E-state index in [2.05, 4.69) is 0 Å². The Hall–Kier alpha value is -1.95. The van der Waals surface area contributed by atoms with Gasteiger partial charge in [-0.3, -0.25) is 0 Å². The minimum absolute atomic E-state index is 0.117. The highest BCUT2D eigenvalue weighted by atomic mass is 35.5. The standard InChI is InChI=1S/C19H20ClFO4/c1-15(12-23-13-16-8-4-2-5-9-16)25-18(22)19(20,21)24-14-17-10-6-3-7-11-17/h2-11,15H,12-14H2,1H3. The normalized spacial score (nSPS) is 14.5. The van der Waals surface area contributed by atoms with Gasteiger partial charge in [-0.1, -0.05) is 60.7 Å². The zero-order valence-electron chi connectivity index (χ0n) is 13.9. The molecular weight excluding hydrogens is 347 g/mol. The third-order valence-electron chi connectivity index (χ3n) is 3.27. The van der Waals surface area contributed by atoms with Gasteiger partial charge in [-0.05, 0) is 29.7 Å². The summed E-state index contributed by atoms with van der Waals surface area (Å²) in [5.41, 5.74) is 1.68. The van der Waals surface area contributed by atoms with Crippen molar-refractivity contribution in [2.75, 3.05) is 6.61 Å². The van der Waals surface area contributed by atoms with Gasteiger partial charge in [-0.25, -0.2) is 4.79 Å². The molecule has 0 N–H and O–H groups in total. The second kappa shape index (κ2) is 9.51. The summed E-state index contributed by atoms with van der Waals surface area (Å²) < 4.78 is 29.4. The Morgan fingerprint density at radius 2 is 1.56 bits per heavy atom. The van der Waals surface area contributed by atoms with Crippen LogP contribution in [0.3, 0.4) is 0 Å². The van der Waals surface area contributed by atoms with Gasteiger partial charge in [0.15, 0.2) is 0 Å². The Morgan fingerprint density at radius 3 is 2.12 bits per heavy atom. The second-order valence-electron chi connectivity index (χ2n) is 5.51. The van der Waals surface area contributed by atoms with Crippen LogP contribution in [-0.2, 0) is 32.2 Å². The molecule has 2 atom stereocenters. The number of alkyl halides is 2. The molecule has 0 saturated heterocycles. The van der Waals surface area contributed by atoms with Crippen molar-refractivity contribution in [2.45, 2.75) is 31.6 Å². The van der Waals surface area contributed by atoms with Crippen LogP contribution in [0.15, 0.2) is 60.7 Å². The average Bonchev–Trinajstić information content (AvgIpc) is 2.62. The third-order valence-corrected chi connectivity index (χ3v) is 3.54. The van der Waals surface area contributed by atoms with Gasteiger partial charge in [0, 0.05) is 0 Å². The second-order valence-corrected chi connectivity index (χ2v) is 5.99. The molecule has 6 heteroatoms. The molecule has 0 aromatic heterocycles. The van der Waals surface area contributed by atoms with Gasteiger partial charge in [0.2, 0.25) is 0 Å². The Kier molecular flexibility index (Phi) is 7.37. The van der Waals surface area contributed by atoms with E-state index in [1.54, 1.807) is 31.2 Å². The quantitative estimate of drug-likeness (QED) is 0.492. The Balaban J connectivity index is 1.73. The summed E-state index contributed by atoms with van der Waals surface area (Å²) in [5, 5.41) is -3.04. The molecular formula is C19H20ClFO4. The summed E-state index contributed by atoms with van der Waals surface area (Å²) in [6.45, 7) is 1.93. The van der Waals surface area contributed by atoms with E-state index < -0.39 is 17.4 Å². The van der Waals surface area contributed by atoms with Crippen LogP contribution in [-0.4, -0.2) is 24.0 Å². The van der Waals surface area contributed by atoms with Gasteiger partial charge in [-0.2, -0.15) is 4.39 Å². The largest absolute Gasteiger partial charge is 0.455 e. The van der Waals surface area contributed by atoms with E-state index in [9.17, 15) is 9.18 Å². The van der Waals surface area contributed by atoms with Crippen LogP contribution in [0.4, 0.5) is 4.39 Å². The summed E-state index contributed by atoms with van der Waals surface area (Å²) in [7, 11) is 0. The Bertz CT molecular complexity index is 649. The molecule has 0 spiro atoms. The molecule has 0 bridgehead atoms. The van der Waals surface area contributed by atoms with Gasteiger partial charge in [0.25, 0.3) is 0 Å². The molecule has 25 heavy (non-hydrogen) atoms. The number of benzene rings is 2. The van der Waals surface area contributed by atoms with Crippen LogP contribution in [0, 0.1) is 0 Å². The third kappa shape index (κ3) is 6.82. The lowest BCUT2D eigenvalue weighted by molar-refractivity contribution is -0.188. The lowest BCUT2D eigenvalue weighted by Gasteiger charge is -2.20. The number of ether oxygens (including phenoxy) is 3. The molecule has 0 aliphatic heterocycles. The van der Waals surface area contributed by atoms with Crippen molar-refractivity contribution in [1.82, 2.24) is 0 Å². The minimum atomic E-state index is -3.04. The predicted molar refractivity (Wildman–Crippen MR) is 92.6 cm³/mol. The van der Waals surface area contributed by atoms with Crippen molar-refractivity contribution >= 4 is 17.6 Å². The van der Waals surface area contributed by atoms with E-state index in [1.807, 2.05) is 36.4 Å². The topological polar surface area (TPSA) is 44.8 Å². The minimum Gasteiger partial charge on any atom is -0.455 e. The number of halogens is 2. The zero-order valence-corrected chi connectivity index (χ0v) is 14.6. The molecule has 2 rings (SSSR count). The molecule has 0 amide bonds. The molecule has 0 fully saturated rings. The summed E-state index contributed by atoms with van der Waals surface area (Å²) in [5.74, 6) is -1.29. The first kappa shape index (κ1) is 19.4. The van der Waals surface area contributed by atoms with Crippen molar-refractivity contribution in [2.24, 2.45) is 0 Å². The Morgan fingerprint density at radius 1 is 1.04 bits per heavy atom. The Labute approximate surface area is 151 Å². The van der Waals surface area contributed by atoms with E-state index in [4.69, 9.17) is 25.8 Å². The maximum atomic E-state index is 14.1. The molecule has 0 aliphatic carbocycles. The summed E-state index contributed by atoms with van der Waals surface area (Å²) >= 11 is 5.51. The maximum Gasteiger partial charge on any atom is 0.389 e. The number of esters is 1. The SMILES string of the molecule is CC(COCc1ccccc1)OC(=O)C(F)(Cl)OCc1ccccc1. The van der Waals surface area contributed by atoms with Crippen molar-refractivity contribution in [1.29, 1.82) is 0 Å². The van der Waals surface area contributed by atoms with Gasteiger partial charge >= 0.3 is 11.3 Å². The van der Waals surface area contributed by atoms with Gasteiger partial charge in [0.1, 0.15) is 6.10 Å². The molecule has 0 saturated carbocycles. The number of hydrogen-bond donors (Lipinski definition) is 0. The van der Waals surface area contributed by atoms with Crippen molar-refractivity contribution in [3.63, 3.8) is 0 Å². The monoisotopic (exact) mass is 366 g/mol. The highest BCUT2D eigenvalue weighted by Crippen LogP contribution is 2.23. The molecule has 2 aromatic rings. The molecule has 2 unspecified atom stereocenters. The zero-order chi connectivity index (χ0) is 18.1. The first-order chi connectivity index (χ1) is 12.0. The first-order valence-electron chi connectivity index (χ1n) is 7.86. The molecule has 134 valence electrons. The fraction of sp³-hybridized carbons (Fsp3) is 0.316. The fourth-order valence-electron chi connectivity index (χ4n) is 2.01. The summed E-state index contributed by atoms with van der Waals surface area (Å²) in [6, 6.07) is 18.4. The van der Waals surface area contributed by atoms with Gasteiger partial charge in [-0.15, -0.1) is 0 Å². The molecule has 4 nitrogen and oxygen atoms in total. The van der Waals surface area contributed by atoms with Crippen LogP contribution in [0.2, 0.25) is 0 Å². The predicted octanol–water partition coefficient (Wildman–Crippen LogP) is 4.21. The average molecular weight is 367 g/mol. The highest BCUT2D eigenvalue weighted by Gasteiger charge is 2.40. The molecule has 0 aliphatic rings. The molecule has 0 heterocycles. The van der Waals surface area contributed by atoms with Crippen molar-refractivity contribution in [3.05, 3.63) is 71.8 Å². The van der Waals surface area contributed by atoms with Crippen LogP contribution in [0.25, 0.3) is 0 Å². The van der Waals surface area contributed by atoms with Crippen LogP contribution >= 0.6 is 11.6 Å². The highest BCUT2D eigenvalue weighted by molar-refractivity contribution is 6.31. The maximum absolute atomic E-state index is 14.1. The fourth-order valence-corrected chi connectivity index (χ4v) is 2.11. The van der Waals surface area contributed by atoms with Crippen molar-refractivity contribution < 1.29 is 23.4 Å². The summed E-state index contributed by atoms with van der Waals surface area (Å²) in [4.78, 5) is 11.8. The van der Waals surface area contributed by atoms with Crippen LogP contribution in [0.5, 0.6) is 0 Å². The van der Waals surface area contributed by atoms with Crippen molar-refractivity contribution in [3.8, 4) is 0 Å². The van der Waals surface area contributed by atoms with Gasteiger partial charge < -0.3 is 14.2 Å². The number of carbonyl (C=O) groups excluding carboxylic acids is 1. The first-order valence-corrected chi connectivity index (χ1v) is 8.23. The lowest BCUT2D eigenvalue weighted by Crippen LogP contribution is -2.36. The van der Waals surface area contributed by atoms with E-state index in [1.165, 1.54) is 0 Å². The summed E-state index contributed by atoms with van der Waals surface area (Å²) in [6.07, 6.45) is -0.662. The molecule has 0 radical (unpaired) electrons. The van der Waals surface area contributed by atoms with E-state index >= 15 is 0 Å². The van der Waals surface area contributed by atoms with E-state index in [-0.39, 0.29) is 13.2 Å². The number of rotatable bonds is 9. The smallest absolute Gasteiger partial charge is 0.389 e. The van der Waals surface area contributed by atoms with Crippen LogP contribution < -0.4 is 0 Å². The van der Waals surface area contributed by atoms with Gasteiger partial charge in [0.05, 0.1) is 19.8 Å². The van der Waals surface area contributed by atoms with Crippen LogP contribution in [0.1, 0.15) is 18.1 Å². The van der Waals surface area contributed by atoms with E-state index in [0.717, 1.165) is 5.56 Å². The lowest BCUT2D eigenvalue weighted by atomic mass is 10.2.